The number of carbonyl (C=O) groups excluding carboxylic acids is 1. The molecule has 0 heterocycles. The summed E-state index contributed by atoms with van der Waals surface area (Å²) in [6.45, 7) is 12.9. The molecule has 1 aromatic rings. The Morgan fingerprint density at radius 2 is 1.95 bits per heavy atom. The fourth-order valence-corrected chi connectivity index (χ4v) is 5.42. The second-order valence-corrected chi connectivity index (χ2v) is 10.7. The Morgan fingerprint density at radius 1 is 1.35 bits per heavy atom. The van der Waals surface area contributed by atoms with E-state index in [1.807, 2.05) is 19.1 Å². The maximum Gasteiger partial charge on any atom is 0.309 e. The van der Waals surface area contributed by atoms with Crippen LogP contribution in [0.5, 0.6) is 0 Å². The molecule has 0 aliphatic rings. The van der Waals surface area contributed by atoms with E-state index in [4.69, 9.17) is 4.74 Å². The number of esters is 1. The number of ether oxygens (including phenoxy) is 1. The first-order chi connectivity index (χ1) is 9.45. The zero-order valence-corrected chi connectivity index (χ0v) is 14.1. The van der Waals surface area contributed by atoms with Gasteiger partial charge in [0.25, 0.3) is 0 Å². The summed E-state index contributed by atoms with van der Waals surface area (Å²) in [6.07, 6.45) is 2.51. The topological polar surface area (TPSA) is 26.3 Å². The molecular formula is C17H26O2Si. The second kappa shape index (κ2) is 7.43. The molecule has 0 N–H and O–H groups in total. The molecule has 0 bridgehead atoms. The lowest BCUT2D eigenvalue weighted by Crippen LogP contribution is -2.48. The first kappa shape index (κ1) is 16.7. The van der Waals surface area contributed by atoms with Crippen molar-refractivity contribution in [1.29, 1.82) is 0 Å². The molecule has 0 fully saturated rings. The van der Waals surface area contributed by atoms with Gasteiger partial charge in [-0.3, -0.25) is 4.79 Å². The Balaban J connectivity index is 3.01. The number of hydrogen-bond donors (Lipinski definition) is 0. The highest BCUT2D eigenvalue weighted by Crippen LogP contribution is 2.32. The SMILES string of the molecule is C=CC[C@@H](C(=O)OCC)[C@@H](C)[Si](C)(C)c1ccccc1. The fourth-order valence-electron chi connectivity index (χ4n) is 2.57. The fraction of sp³-hybridized carbons (Fsp3) is 0.471. The molecule has 110 valence electrons. The van der Waals surface area contributed by atoms with E-state index in [1.165, 1.54) is 5.19 Å². The maximum absolute atomic E-state index is 12.2. The van der Waals surface area contributed by atoms with Crippen molar-refractivity contribution in [2.24, 2.45) is 5.92 Å². The van der Waals surface area contributed by atoms with E-state index in [2.05, 4.69) is 50.9 Å². The van der Waals surface area contributed by atoms with Gasteiger partial charge in [0.15, 0.2) is 0 Å². The van der Waals surface area contributed by atoms with E-state index in [0.29, 0.717) is 18.6 Å². The maximum atomic E-state index is 12.2. The summed E-state index contributed by atoms with van der Waals surface area (Å²) in [5, 5.41) is 1.38. The molecule has 3 heteroatoms. The van der Waals surface area contributed by atoms with Gasteiger partial charge in [0.05, 0.1) is 20.6 Å². The van der Waals surface area contributed by atoms with Gasteiger partial charge in [0.1, 0.15) is 0 Å². The van der Waals surface area contributed by atoms with Crippen LogP contribution in [0.3, 0.4) is 0 Å². The van der Waals surface area contributed by atoms with Gasteiger partial charge in [0, 0.05) is 0 Å². The molecule has 0 amide bonds. The van der Waals surface area contributed by atoms with Crippen LogP contribution in [0.2, 0.25) is 18.6 Å². The van der Waals surface area contributed by atoms with Gasteiger partial charge in [0.2, 0.25) is 0 Å². The molecule has 0 saturated carbocycles. The molecule has 2 atom stereocenters. The Bertz CT molecular complexity index is 440. The van der Waals surface area contributed by atoms with Crippen LogP contribution < -0.4 is 5.19 Å². The third-order valence-corrected chi connectivity index (χ3v) is 8.77. The minimum atomic E-state index is -1.72. The van der Waals surface area contributed by atoms with Gasteiger partial charge in [-0.1, -0.05) is 61.6 Å². The standard InChI is InChI=1S/C17H26O2Si/c1-6-11-16(17(18)19-7-2)14(3)20(4,5)15-12-9-8-10-13-15/h6,8-10,12-14,16H,1,7,11H2,2-5H3/t14-,16-/m1/s1. The van der Waals surface area contributed by atoms with Crippen molar-refractivity contribution in [2.45, 2.75) is 38.9 Å². The molecule has 0 radical (unpaired) electrons. The molecule has 0 aliphatic heterocycles. The predicted octanol–water partition coefficient (Wildman–Crippen LogP) is 3.75. The van der Waals surface area contributed by atoms with Gasteiger partial charge in [-0.05, 0) is 18.9 Å². The quantitative estimate of drug-likeness (QED) is 0.434. The molecule has 0 unspecified atom stereocenters. The van der Waals surface area contributed by atoms with Crippen molar-refractivity contribution in [1.82, 2.24) is 0 Å². The number of hydrogen-bond acceptors (Lipinski definition) is 2. The van der Waals surface area contributed by atoms with Crippen LogP contribution in [0, 0.1) is 5.92 Å². The molecular weight excluding hydrogens is 264 g/mol. The van der Waals surface area contributed by atoms with E-state index < -0.39 is 8.07 Å². The molecule has 20 heavy (non-hydrogen) atoms. The highest BCUT2D eigenvalue weighted by Gasteiger charge is 2.38. The van der Waals surface area contributed by atoms with Crippen molar-refractivity contribution in [2.75, 3.05) is 6.61 Å². The number of allylic oxidation sites excluding steroid dienone is 1. The average molecular weight is 290 g/mol. The summed E-state index contributed by atoms with van der Waals surface area (Å²) in [7, 11) is -1.72. The summed E-state index contributed by atoms with van der Waals surface area (Å²) in [6, 6.07) is 10.5. The summed E-state index contributed by atoms with van der Waals surface area (Å²) >= 11 is 0. The summed E-state index contributed by atoms with van der Waals surface area (Å²) in [5.41, 5.74) is 0.307. The molecule has 0 aliphatic carbocycles. The van der Waals surface area contributed by atoms with Crippen molar-refractivity contribution in [3.8, 4) is 0 Å². The van der Waals surface area contributed by atoms with E-state index in [-0.39, 0.29) is 11.9 Å². The lowest BCUT2D eigenvalue weighted by molar-refractivity contribution is -0.148. The smallest absolute Gasteiger partial charge is 0.309 e. The third-order valence-electron chi connectivity index (χ3n) is 4.27. The second-order valence-electron chi connectivity index (χ2n) is 5.76. The summed E-state index contributed by atoms with van der Waals surface area (Å²) in [5.74, 6) is -0.175. The lowest BCUT2D eigenvalue weighted by Gasteiger charge is -2.34. The van der Waals surface area contributed by atoms with Crippen LogP contribution in [-0.4, -0.2) is 20.7 Å². The van der Waals surface area contributed by atoms with Crippen LogP contribution in [0.25, 0.3) is 0 Å². The van der Waals surface area contributed by atoms with Crippen LogP contribution in [0.1, 0.15) is 20.3 Å². The molecule has 0 spiro atoms. The largest absolute Gasteiger partial charge is 0.466 e. The lowest BCUT2D eigenvalue weighted by atomic mass is 10.0. The van der Waals surface area contributed by atoms with Gasteiger partial charge >= 0.3 is 5.97 Å². The normalized spacial score (nSPS) is 14.4. The zero-order valence-electron chi connectivity index (χ0n) is 13.1. The first-order valence-electron chi connectivity index (χ1n) is 7.28. The van der Waals surface area contributed by atoms with Crippen molar-refractivity contribution in [3.05, 3.63) is 43.0 Å². The van der Waals surface area contributed by atoms with Gasteiger partial charge < -0.3 is 4.74 Å². The highest BCUT2D eigenvalue weighted by molar-refractivity contribution is 6.91. The van der Waals surface area contributed by atoms with E-state index in [0.717, 1.165) is 0 Å². The molecule has 0 saturated heterocycles. The van der Waals surface area contributed by atoms with E-state index >= 15 is 0 Å². The van der Waals surface area contributed by atoms with Crippen LogP contribution >= 0.6 is 0 Å². The van der Waals surface area contributed by atoms with Gasteiger partial charge in [-0.2, -0.15) is 0 Å². The Morgan fingerprint density at radius 3 is 2.45 bits per heavy atom. The van der Waals surface area contributed by atoms with Gasteiger partial charge in [-0.25, -0.2) is 0 Å². The van der Waals surface area contributed by atoms with E-state index in [9.17, 15) is 4.79 Å². The Hall–Kier alpha value is -1.35. The molecule has 1 aromatic carbocycles. The van der Waals surface area contributed by atoms with Crippen LogP contribution in [0.15, 0.2) is 43.0 Å². The third kappa shape index (κ3) is 3.82. The highest BCUT2D eigenvalue weighted by atomic mass is 28.3. The summed E-state index contributed by atoms with van der Waals surface area (Å²) < 4.78 is 5.24. The van der Waals surface area contributed by atoms with Crippen LogP contribution in [-0.2, 0) is 9.53 Å². The minimum Gasteiger partial charge on any atom is -0.466 e. The molecule has 2 nitrogen and oxygen atoms in total. The average Bonchev–Trinajstić information content (AvgIpc) is 2.45. The predicted molar refractivity (Wildman–Crippen MR) is 87.9 cm³/mol. The van der Waals surface area contributed by atoms with Crippen molar-refractivity contribution < 1.29 is 9.53 Å². The monoisotopic (exact) mass is 290 g/mol. The van der Waals surface area contributed by atoms with Gasteiger partial charge in [-0.15, -0.1) is 6.58 Å². The summed E-state index contributed by atoms with van der Waals surface area (Å²) in [4.78, 5) is 12.2. The van der Waals surface area contributed by atoms with Crippen molar-refractivity contribution in [3.63, 3.8) is 0 Å². The Kier molecular flexibility index (Phi) is 6.21. The van der Waals surface area contributed by atoms with Crippen molar-refractivity contribution >= 4 is 19.2 Å². The van der Waals surface area contributed by atoms with Crippen LogP contribution in [0.4, 0.5) is 0 Å². The Labute approximate surface area is 123 Å². The number of carbonyl (C=O) groups is 1. The van der Waals surface area contributed by atoms with E-state index in [1.54, 1.807) is 0 Å². The zero-order chi connectivity index (χ0) is 15.2. The minimum absolute atomic E-state index is 0.0867. The number of benzene rings is 1. The molecule has 1 rings (SSSR count). The number of rotatable bonds is 7. The molecule has 0 aromatic heterocycles. The first-order valence-corrected chi connectivity index (χ1v) is 10.4.